The van der Waals surface area contributed by atoms with Crippen molar-refractivity contribution in [1.29, 1.82) is 0 Å². The average Bonchev–Trinajstić information content (AvgIpc) is 2.87. The van der Waals surface area contributed by atoms with Gasteiger partial charge < -0.3 is 14.6 Å². The number of aliphatic hydroxyl groups excluding tert-OH is 1. The summed E-state index contributed by atoms with van der Waals surface area (Å²) >= 11 is 6.17. The Balaban J connectivity index is 2.00. The molecule has 1 aliphatic carbocycles. The van der Waals surface area contributed by atoms with E-state index in [1.54, 1.807) is 0 Å². The van der Waals surface area contributed by atoms with E-state index in [4.69, 9.17) is 11.6 Å². The molecule has 0 spiro atoms. The first-order chi connectivity index (χ1) is 11.5. The van der Waals surface area contributed by atoms with Gasteiger partial charge in [-0.2, -0.15) is 0 Å². The number of Topliss-reactive ketones (excluding diaryl/α,β-unsaturated/α-hetero) is 1. The number of hydrogen-bond acceptors (Lipinski definition) is 2. The molecule has 1 aromatic carbocycles. The number of carbonyl (C=O) groups excluding carboxylic acids is 1. The van der Waals surface area contributed by atoms with Crippen molar-refractivity contribution < 1.29 is 14.8 Å². The highest BCUT2D eigenvalue weighted by Crippen LogP contribution is 2.33. The van der Waals surface area contributed by atoms with Gasteiger partial charge >= 0.3 is 0 Å². The monoisotopic (exact) mass is 349 g/mol. The van der Waals surface area contributed by atoms with Gasteiger partial charge in [-0.3, -0.25) is 4.79 Å². The molecule has 0 radical (unpaired) electrons. The minimum atomic E-state index is -0.468. The van der Waals surface area contributed by atoms with Crippen LogP contribution in [-0.4, -0.2) is 41.2 Å². The van der Waals surface area contributed by atoms with E-state index >= 15 is 0 Å². The molecule has 2 aromatic rings. The molecule has 1 aliphatic rings. The zero-order chi connectivity index (χ0) is 17.3. The number of aryl methyl sites for hydroxylation is 1. The van der Waals surface area contributed by atoms with Crippen molar-refractivity contribution in [1.82, 2.24) is 4.57 Å². The molecule has 0 saturated carbocycles. The zero-order valence-corrected chi connectivity index (χ0v) is 15.2. The summed E-state index contributed by atoms with van der Waals surface area (Å²) in [7, 11) is 0. The second-order valence-corrected chi connectivity index (χ2v) is 7.13. The standard InChI is InChI=1S/C19H25ClN2O2/c1-3-21(4-2)11-14(23)12-22-17-9-8-13(20)10-16(17)15-6-5-7-18(24)19(15)22/h8-10,14,23H,3-7,11-12H2,1-2H3/p+1. The first-order valence-corrected chi connectivity index (χ1v) is 9.28. The normalized spacial score (nSPS) is 16.0. The number of hydrogen-bond donors (Lipinski definition) is 2. The van der Waals surface area contributed by atoms with E-state index in [1.807, 2.05) is 22.8 Å². The third kappa shape index (κ3) is 3.23. The van der Waals surface area contributed by atoms with Crippen LogP contribution < -0.4 is 4.90 Å². The third-order valence-electron chi connectivity index (χ3n) is 5.14. The lowest BCUT2D eigenvalue weighted by molar-refractivity contribution is -0.899. The van der Waals surface area contributed by atoms with Gasteiger partial charge in [0.2, 0.25) is 0 Å². The average molecular weight is 350 g/mol. The van der Waals surface area contributed by atoms with E-state index in [-0.39, 0.29) is 5.78 Å². The fraction of sp³-hybridized carbons (Fsp3) is 0.526. The lowest BCUT2D eigenvalue weighted by Gasteiger charge is -2.21. The minimum Gasteiger partial charge on any atom is -0.385 e. The smallest absolute Gasteiger partial charge is 0.179 e. The maximum Gasteiger partial charge on any atom is 0.179 e. The highest BCUT2D eigenvalue weighted by atomic mass is 35.5. The maximum atomic E-state index is 12.5. The number of ketones is 1. The van der Waals surface area contributed by atoms with Crippen LogP contribution in [0.3, 0.4) is 0 Å². The lowest BCUT2D eigenvalue weighted by Crippen LogP contribution is -3.12. The highest BCUT2D eigenvalue weighted by molar-refractivity contribution is 6.31. The molecule has 1 unspecified atom stereocenters. The Hall–Kier alpha value is -1.36. The Morgan fingerprint density at radius 1 is 1.29 bits per heavy atom. The zero-order valence-electron chi connectivity index (χ0n) is 14.4. The van der Waals surface area contributed by atoms with Crippen LogP contribution in [0.1, 0.15) is 42.7 Å². The fourth-order valence-corrected chi connectivity index (χ4v) is 4.02. The molecule has 3 rings (SSSR count). The van der Waals surface area contributed by atoms with Crippen molar-refractivity contribution in [2.24, 2.45) is 0 Å². The molecule has 0 amide bonds. The van der Waals surface area contributed by atoms with Gasteiger partial charge in [-0.05, 0) is 50.5 Å². The van der Waals surface area contributed by atoms with Crippen LogP contribution in [-0.2, 0) is 13.0 Å². The Morgan fingerprint density at radius 3 is 2.75 bits per heavy atom. The van der Waals surface area contributed by atoms with E-state index in [0.717, 1.165) is 48.1 Å². The van der Waals surface area contributed by atoms with Crippen LogP contribution in [0.5, 0.6) is 0 Å². The highest BCUT2D eigenvalue weighted by Gasteiger charge is 2.27. The summed E-state index contributed by atoms with van der Waals surface area (Å²) < 4.78 is 2.02. The molecule has 1 heterocycles. The number of rotatable bonds is 6. The molecule has 2 N–H and O–H groups in total. The second kappa shape index (κ2) is 7.26. The van der Waals surface area contributed by atoms with Crippen molar-refractivity contribution in [3.63, 3.8) is 0 Å². The van der Waals surface area contributed by atoms with Gasteiger partial charge in [-0.25, -0.2) is 0 Å². The van der Waals surface area contributed by atoms with Crippen molar-refractivity contribution in [2.75, 3.05) is 19.6 Å². The van der Waals surface area contributed by atoms with Crippen LogP contribution >= 0.6 is 11.6 Å². The summed E-state index contributed by atoms with van der Waals surface area (Å²) in [6.45, 7) is 7.40. The summed E-state index contributed by atoms with van der Waals surface area (Å²) in [5.41, 5.74) is 2.89. The number of aromatic nitrogens is 1. The van der Waals surface area contributed by atoms with Gasteiger partial charge in [0, 0.05) is 22.3 Å². The van der Waals surface area contributed by atoms with Crippen molar-refractivity contribution >= 4 is 28.3 Å². The Kier molecular flexibility index (Phi) is 5.28. The number of quaternary nitrogens is 1. The SMILES string of the molecule is CC[NH+](CC)CC(O)Cn1c2c(c3cc(Cl)ccc31)CCCC2=O. The molecule has 0 saturated heterocycles. The van der Waals surface area contributed by atoms with Gasteiger partial charge in [-0.15, -0.1) is 0 Å². The van der Waals surface area contributed by atoms with Crippen LogP contribution in [0, 0.1) is 0 Å². The van der Waals surface area contributed by atoms with Crippen LogP contribution in [0.15, 0.2) is 18.2 Å². The predicted molar refractivity (Wildman–Crippen MR) is 97.1 cm³/mol. The quantitative estimate of drug-likeness (QED) is 0.839. The molecule has 0 fully saturated rings. The molecule has 1 aromatic heterocycles. The van der Waals surface area contributed by atoms with Gasteiger partial charge in [-0.1, -0.05) is 11.6 Å². The Morgan fingerprint density at radius 2 is 2.04 bits per heavy atom. The summed E-state index contributed by atoms with van der Waals surface area (Å²) in [6, 6.07) is 5.78. The van der Waals surface area contributed by atoms with Crippen molar-refractivity contribution in [3.8, 4) is 0 Å². The molecule has 0 aliphatic heterocycles. The van der Waals surface area contributed by atoms with Gasteiger partial charge in [0.05, 0.1) is 25.3 Å². The number of aliphatic hydroxyl groups is 1. The molecular formula is C19H26ClN2O2+. The topological polar surface area (TPSA) is 46.7 Å². The Bertz CT molecular complexity index is 749. The van der Waals surface area contributed by atoms with E-state index < -0.39 is 6.10 Å². The first-order valence-electron chi connectivity index (χ1n) is 8.90. The number of benzene rings is 1. The number of halogens is 1. The van der Waals surface area contributed by atoms with E-state index in [0.29, 0.717) is 24.5 Å². The van der Waals surface area contributed by atoms with Crippen molar-refractivity contribution in [3.05, 3.63) is 34.5 Å². The van der Waals surface area contributed by atoms with Crippen molar-refractivity contribution in [2.45, 2.75) is 45.8 Å². The number of carbonyl (C=O) groups is 1. The van der Waals surface area contributed by atoms with E-state index in [9.17, 15) is 9.90 Å². The molecule has 24 heavy (non-hydrogen) atoms. The van der Waals surface area contributed by atoms with Crippen LogP contribution in [0.2, 0.25) is 5.02 Å². The molecule has 0 bridgehead atoms. The third-order valence-corrected chi connectivity index (χ3v) is 5.38. The van der Waals surface area contributed by atoms with E-state index in [1.165, 1.54) is 4.90 Å². The fourth-order valence-electron chi connectivity index (χ4n) is 3.85. The van der Waals surface area contributed by atoms with Gasteiger partial charge in [0.1, 0.15) is 12.6 Å². The second-order valence-electron chi connectivity index (χ2n) is 6.69. The number of nitrogens with zero attached hydrogens (tertiary/aromatic N) is 1. The summed E-state index contributed by atoms with van der Waals surface area (Å²) in [6.07, 6.45) is 1.92. The maximum absolute atomic E-state index is 12.5. The van der Waals surface area contributed by atoms with Gasteiger partial charge in [0.25, 0.3) is 0 Å². The largest absolute Gasteiger partial charge is 0.385 e. The Labute approximate surface area is 148 Å². The lowest BCUT2D eigenvalue weighted by atomic mass is 9.94. The minimum absolute atomic E-state index is 0.186. The molecule has 130 valence electrons. The number of nitrogens with one attached hydrogen (secondary N) is 1. The van der Waals surface area contributed by atoms with Crippen LogP contribution in [0.25, 0.3) is 10.9 Å². The summed E-state index contributed by atoms with van der Waals surface area (Å²) in [5, 5.41) is 12.3. The summed E-state index contributed by atoms with van der Waals surface area (Å²) in [5.74, 6) is 0.186. The predicted octanol–water partition coefficient (Wildman–Crippen LogP) is 2.10. The number of fused-ring (bicyclic) bond motifs is 3. The molecule has 4 nitrogen and oxygen atoms in total. The summed E-state index contributed by atoms with van der Waals surface area (Å²) in [4.78, 5) is 13.9. The molecular weight excluding hydrogens is 324 g/mol. The number of likely N-dealkylation sites (N-methyl/N-ethyl adjacent to an activating group) is 1. The van der Waals surface area contributed by atoms with E-state index in [2.05, 4.69) is 13.8 Å². The first kappa shape index (κ1) is 17.5. The van der Waals surface area contributed by atoms with Gasteiger partial charge in [0.15, 0.2) is 5.78 Å². The molecule has 1 atom stereocenters. The van der Waals surface area contributed by atoms with Crippen LogP contribution in [0.4, 0.5) is 0 Å². The molecule has 5 heteroatoms.